The molecule has 9 heteroatoms. The number of nitro benzene ring substituents is 1. The number of nitro groups is 1. The number of anilines is 2. The molecular formula is C25H24N4O5. The molecule has 174 valence electrons. The number of non-ortho nitro benzene ring substituents is 1. The third-order valence-electron chi connectivity index (χ3n) is 8.34. The summed E-state index contributed by atoms with van der Waals surface area (Å²) in [5.74, 6) is -2.67. The van der Waals surface area contributed by atoms with Crippen LogP contribution < -0.4 is 10.2 Å². The first-order valence-electron chi connectivity index (χ1n) is 11.5. The van der Waals surface area contributed by atoms with Gasteiger partial charge in [-0.1, -0.05) is 18.2 Å². The molecule has 4 aliphatic heterocycles. The second kappa shape index (κ2) is 6.73. The molecule has 0 bridgehead atoms. The molecule has 0 aromatic heterocycles. The minimum Gasteiger partial charge on any atom is -0.324 e. The van der Waals surface area contributed by atoms with Gasteiger partial charge in [0.2, 0.25) is 17.7 Å². The van der Waals surface area contributed by atoms with E-state index in [0.717, 1.165) is 40.1 Å². The monoisotopic (exact) mass is 460 g/mol. The molecule has 1 spiro atoms. The average molecular weight is 460 g/mol. The van der Waals surface area contributed by atoms with Crippen LogP contribution in [0.2, 0.25) is 0 Å². The predicted molar refractivity (Wildman–Crippen MR) is 123 cm³/mol. The van der Waals surface area contributed by atoms with Crippen molar-refractivity contribution in [2.45, 2.75) is 45.2 Å². The Labute approximate surface area is 195 Å². The summed E-state index contributed by atoms with van der Waals surface area (Å²) in [5, 5.41) is 14.4. The maximum absolute atomic E-state index is 14.1. The van der Waals surface area contributed by atoms with Crippen LogP contribution in [0, 0.1) is 42.7 Å². The van der Waals surface area contributed by atoms with E-state index in [1.807, 2.05) is 26.0 Å². The first-order valence-corrected chi connectivity index (χ1v) is 11.5. The molecule has 3 saturated heterocycles. The molecule has 2 aromatic carbocycles. The Hall–Kier alpha value is -3.59. The quantitative estimate of drug-likeness (QED) is 0.419. The summed E-state index contributed by atoms with van der Waals surface area (Å²) < 4.78 is 0. The summed E-state index contributed by atoms with van der Waals surface area (Å²) in [6.07, 6.45) is 1.55. The number of nitrogens with zero attached hydrogens (tertiary/aromatic N) is 3. The highest BCUT2D eigenvalue weighted by molar-refractivity contribution is 6.26. The Kier molecular flexibility index (Phi) is 4.15. The first kappa shape index (κ1) is 21.0. The number of hydrogen-bond acceptors (Lipinski definition) is 6. The van der Waals surface area contributed by atoms with Crippen LogP contribution in [0.4, 0.5) is 17.1 Å². The number of nitrogens with one attached hydrogen (secondary N) is 1. The highest BCUT2D eigenvalue weighted by Crippen LogP contribution is 2.61. The Balaban J connectivity index is 1.56. The van der Waals surface area contributed by atoms with Crippen LogP contribution in [0.1, 0.15) is 35.1 Å². The zero-order valence-electron chi connectivity index (χ0n) is 19.1. The molecule has 0 aliphatic carbocycles. The third-order valence-corrected chi connectivity index (χ3v) is 8.34. The van der Waals surface area contributed by atoms with Crippen LogP contribution in [-0.4, -0.2) is 40.1 Å². The van der Waals surface area contributed by atoms with E-state index < -0.39 is 28.2 Å². The number of amides is 3. The number of hydrogen-bond donors (Lipinski definition) is 1. The van der Waals surface area contributed by atoms with Gasteiger partial charge in [0.1, 0.15) is 5.54 Å². The summed E-state index contributed by atoms with van der Waals surface area (Å²) in [4.78, 5) is 55.7. The van der Waals surface area contributed by atoms with Crippen molar-refractivity contribution in [2.24, 2.45) is 11.8 Å². The van der Waals surface area contributed by atoms with E-state index in [1.54, 1.807) is 13.0 Å². The zero-order chi connectivity index (χ0) is 24.1. The van der Waals surface area contributed by atoms with E-state index in [1.165, 1.54) is 12.1 Å². The van der Waals surface area contributed by atoms with Gasteiger partial charge >= 0.3 is 0 Å². The maximum Gasteiger partial charge on any atom is 0.271 e. The van der Waals surface area contributed by atoms with Gasteiger partial charge in [-0.3, -0.25) is 29.4 Å². The van der Waals surface area contributed by atoms with E-state index in [9.17, 15) is 24.5 Å². The van der Waals surface area contributed by atoms with E-state index >= 15 is 0 Å². The minimum absolute atomic E-state index is 0.189. The highest BCUT2D eigenvalue weighted by Gasteiger charge is 2.74. The van der Waals surface area contributed by atoms with Crippen LogP contribution in [0.3, 0.4) is 0 Å². The van der Waals surface area contributed by atoms with Gasteiger partial charge in [-0.2, -0.15) is 0 Å². The number of benzene rings is 2. The molecule has 0 saturated carbocycles. The van der Waals surface area contributed by atoms with Crippen molar-refractivity contribution in [2.75, 3.05) is 16.8 Å². The van der Waals surface area contributed by atoms with Crippen molar-refractivity contribution >= 4 is 34.8 Å². The van der Waals surface area contributed by atoms with Crippen LogP contribution in [0.5, 0.6) is 0 Å². The molecule has 0 unspecified atom stereocenters. The van der Waals surface area contributed by atoms with Gasteiger partial charge in [-0.05, 0) is 56.8 Å². The highest BCUT2D eigenvalue weighted by atomic mass is 16.6. The van der Waals surface area contributed by atoms with Gasteiger partial charge in [0.05, 0.1) is 22.4 Å². The van der Waals surface area contributed by atoms with Crippen molar-refractivity contribution in [1.29, 1.82) is 0 Å². The average Bonchev–Trinajstić information content (AvgIpc) is 3.50. The number of fused-ring (bicyclic) bond motifs is 7. The fraction of sp³-hybridized carbons (Fsp3) is 0.400. The number of carbonyl (C=O) groups excluding carboxylic acids is 3. The minimum atomic E-state index is -1.25. The molecule has 0 radical (unpaired) electrons. The summed E-state index contributed by atoms with van der Waals surface area (Å²) in [5.41, 5.74) is 2.82. The van der Waals surface area contributed by atoms with Gasteiger partial charge in [0, 0.05) is 29.4 Å². The molecule has 4 atom stereocenters. The summed E-state index contributed by atoms with van der Waals surface area (Å²) in [6.45, 7) is 6.27. The van der Waals surface area contributed by atoms with E-state index in [4.69, 9.17) is 0 Å². The second-order valence-corrected chi connectivity index (χ2v) is 9.80. The Bertz CT molecular complexity index is 1340. The fourth-order valence-corrected chi connectivity index (χ4v) is 6.71. The molecule has 4 heterocycles. The van der Waals surface area contributed by atoms with E-state index in [-0.39, 0.29) is 29.2 Å². The Morgan fingerprint density at radius 1 is 1.06 bits per heavy atom. The molecule has 4 aliphatic rings. The fourth-order valence-electron chi connectivity index (χ4n) is 6.71. The van der Waals surface area contributed by atoms with Crippen molar-refractivity contribution in [1.82, 2.24) is 4.90 Å². The molecule has 34 heavy (non-hydrogen) atoms. The van der Waals surface area contributed by atoms with Crippen LogP contribution in [0.25, 0.3) is 0 Å². The van der Waals surface area contributed by atoms with Gasteiger partial charge in [-0.15, -0.1) is 0 Å². The Morgan fingerprint density at radius 2 is 1.79 bits per heavy atom. The molecular weight excluding hydrogens is 436 g/mol. The van der Waals surface area contributed by atoms with Crippen LogP contribution in [-0.2, 0) is 19.9 Å². The third kappa shape index (κ3) is 2.30. The normalized spacial score (nSPS) is 29.6. The van der Waals surface area contributed by atoms with Gasteiger partial charge < -0.3 is 5.32 Å². The standard InChI is InChI=1S/C25H24N4O5/c1-12-7-9-16-21(14(12)3)26-24(32)25(16)20-19(17-5-4-10-27(17)25)22(30)28(23(20)31)18-11-15(29(33)34)8-6-13(18)2/h6-9,11,17,19-20H,4-5,10H2,1-3H3,(H,26,32)/t17-,19-,20-,25+/m1/s1. The zero-order valence-corrected chi connectivity index (χ0v) is 19.1. The second-order valence-electron chi connectivity index (χ2n) is 9.80. The van der Waals surface area contributed by atoms with Crippen molar-refractivity contribution < 1.29 is 19.3 Å². The predicted octanol–water partition coefficient (Wildman–Crippen LogP) is 2.95. The van der Waals surface area contributed by atoms with Crippen LogP contribution in [0.15, 0.2) is 30.3 Å². The lowest BCUT2D eigenvalue weighted by Gasteiger charge is -2.36. The van der Waals surface area contributed by atoms with Crippen molar-refractivity contribution in [3.8, 4) is 0 Å². The first-order chi connectivity index (χ1) is 16.2. The van der Waals surface area contributed by atoms with Gasteiger partial charge in [0.25, 0.3) is 5.69 Å². The topological polar surface area (TPSA) is 113 Å². The maximum atomic E-state index is 14.1. The number of imide groups is 1. The van der Waals surface area contributed by atoms with Crippen LogP contribution >= 0.6 is 0 Å². The molecule has 2 aromatic rings. The van der Waals surface area contributed by atoms with Gasteiger partial charge in [0.15, 0.2) is 0 Å². The lowest BCUT2D eigenvalue weighted by Crippen LogP contribution is -2.54. The van der Waals surface area contributed by atoms with E-state index in [2.05, 4.69) is 10.2 Å². The molecule has 1 N–H and O–H groups in total. The Morgan fingerprint density at radius 3 is 2.53 bits per heavy atom. The molecule has 3 fully saturated rings. The lowest BCUT2D eigenvalue weighted by molar-refractivity contribution is -0.384. The smallest absolute Gasteiger partial charge is 0.271 e. The van der Waals surface area contributed by atoms with Gasteiger partial charge in [-0.25, -0.2) is 4.90 Å². The van der Waals surface area contributed by atoms with Crippen molar-refractivity contribution in [3.05, 3.63) is 62.7 Å². The molecule has 9 nitrogen and oxygen atoms in total. The SMILES string of the molecule is Cc1ccc([N+](=O)[O-])cc1N1C(=O)[C@@H]2[C@H]3CCCN3[C@]3(C(=O)Nc4c3ccc(C)c4C)[C@H]2C1=O. The number of aryl methyl sites for hydroxylation is 2. The summed E-state index contributed by atoms with van der Waals surface area (Å²) >= 11 is 0. The molecule has 6 rings (SSSR count). The summed E-state index contributed by atoms with van der Waals surface area (Å²) in [7, 11) is 0. The van der Waals surface area contributed by atoms with Crippen molar-refractivity contribution in [3.63, 3.8) is 0 Å². The molecule has 3 amide bonds. The number of carbonyl (C=O) groups is 3. The largest absolute Gasteiger partial charge is 0.324 e. The van der Waals surface area contributed by atoms with E-state index in [0.29, 0.717) is 12.1 Å². The lowest BCUT2D eigenvalue weighted by atomic mass is 9.75. The number of rotatable bonds is 2. The summed E-state index contributed by atoms with van der Waals surface area (Å²) in [6, 6.07) is 7.82.